The number of hydrogen-bond acceptors (Lipinski definition) is 13. The number of methoxy groups -OCH3 is 2. The van der Waals surface area contributed by atoms with E-state index in [1.54, 1.807) is 0 Å². The molecule has 40 heavy (non-hydrogen) atoms. The van der Waals surface area contributed by atoms with Crippen LogP contribution in [0.1, 0.15) is 0 Å². The molecular formula is C25H25O15+. The van der Waals surface area contributed by atoms with Crippen LogP contribution in [0.4, 0.5) is 0 Å². The Morgan fingerprint density at radius 1 is 0.900 bits per heavy atom. The van der Waals surface area contributed by atoms with Crippen LogP contribution in [0.2, 0.25) is 0 Å². The van der Waals surface area contributed by atoms with E-state index >= 15 is 0 Å². The van der Waals surface area contributed by atoms with Crippen LogP contribution in [-0.2, 0) is 19.1 Å². The molecule has 1 fully saturated rings. The fourth-order valence-electron chi connectivity index (χ4n) is 3.99. The number of benzene rings is 2. The summed E-state index contributed by atoms with van der Waals surface area (Å²) in [6, 6.07) is 6.20. The van der Waals surface area contributed by atoms with Crippen LogP contribution >= 0.6 is 0 Å². The summed E-state index contributed by atoms with van der Waals surface area (Å²) in [4.78, 5) is 22.1. The standard InChI is InChI=1S/C25H24O15/c1-35-14-3-9(4-15(36-2)18(14)28)22-16(7-11-12(27)5-10(26)6-13(11)38-22)39-25-21(31)20(30)19(29)17(40-25)8-37-24(34)23(32)33/h3-7,17,19-21,25,29-31H,8H2,1-2H3,(H3-,26,27,28,32,33)/p+1/t17-,19+,20+,21-,25-/m1/s1. The predicted molar refractivity (Wildman–Crippen MR) is 130 cm³/mol. The average Bonchev–Trinajstić information content (AvgIpc) is 2.92. The van der Waals surface area contributed by atoms with Gasteiger partial charge in [0, 0.05) is 24.3 Å². The van der Waals surface area contributed by atoms with E-state index in [0.717, 1.165) is 6.07 Å². The number of fused-ring (bicyclic) bond motifs is 1. The molecule has 15 nitrogen and oxygen atoms in total. The van der Waals surface area contributed by atoms with Crippen molar-refractivity contribution in [2.24, 2.45) is 0 Å². The van der Waals surface area contributed by atoms with Gasteiger partial charge in [0.15, 0.2) is 11.5 Å². The van der Waals surface area contributed by atoms with Crippen LogP contribution in [0.5, 0.6) is 34.5 Å². The number of rotatable bonds is 7. The van der Waals surface area contributed by atoms with Gasteiger partial charge in [-0.1, -0.05) is 0 Å². The van der Waals surface area contributed by atoms with Crippen molar-refractivity contribution in [3.63, 3.8) is 0 Å². The van der Waals surface area contributed by atoms with Gasteiger partial charge in [-0.05, 0) is 0 Å². The molecule has 1 aliphatic rings. The molecule has 3 aromatic rings. The molecule has 0 amide bonds. The molecule has 7 N–H and O–H groups in total. The Kier molecular flexibility index (Phi) is 8.01. The van der Waals surface area contributed by atoms with E-state index < -0.39 is 55.0 Å². The first-order valence-electron chi connectivity index (χ1n) is 11.5. The van der Waals surface area contributed by atoms with Crippen molar-refractivity contribution >= 4 is 22.9 Å². The average molecular weight is 565 g/mol. The van der Waals surface area contributed by atoms with Crippen LogP contribution in [0.25, 0.3) is 22.3 Å². The number of esters is 1. The summed E-state index contributed by atoms with van der Waals surface area (Å²) in [7, 11) is 2.58. The molecule has 1 aliphatic heterocycles. The lowest BCUT2D eigenvalue weighted by atomic mass is 9.99. The fourth-order valence-corrected chi connectivity index (χ4v) is 3.99. The zero-order valence-corrected chi connectivity index (χ0v) is 20.9. The Balaban J connectivity index is 1.79. The molecule has 0 aliphatic carbocycles. The number of phenols is 3. The maximum atomic E-state index is 11.3. The first kappa shape index (κ1) is 28.4. The number of carboxylic acid groups (broad SMARTS) is 1. The first-order valence-corrected chi connectivity index (χ1v) is 11.5. The van der Waals surface area contributed by atoms with Gasteiger partial charge in [0.2, 0.25) is 17.8 Å². The number of carboxylic acids is 1. The SMILES string of the molecule is COc1cc(-c2[o+]c3cc(O)cc(O)c3cc2O[C@@H]2O[C@H](COC(=O)C(=O)O)[C@H](O)[C@H](O)[C@H]2O)cc(OC)c1O. The van der Waals surface area contributed by atoms with Gasteiger partial charge < -0.3 is 59.4 Å². The molecule has 214 valence electrons. The molecule has 5 atom stereocenters. The lowest BCUT2D eigenvalue weighted by Crippen LogP contribution is -2.60. The number of carbonyl (C=O) groups excluding carboxylic acids is 1. The van der Waals surface area contributed by atoms with Crippen molar-refractivity contribution in [2.75, 3.05) is 20.8 Å². The van der Waals surface area contributed by atoms with Gasteiger partial charge in [0.1, 0.15) is 47.9 Å². The highest BCUT2D eigenvalue weighted by molar-refractivity contribution is 6.28. The Morgan fingerprint density at radius 2 is 1.55 bits per heavy atom. The third-order valence-corrected chi connectivity index (χ3v) is 6.02. The van der Waals surface area contributed by atoms with Gasteiger partial charge in [0.25, 0.3) is 0 Å². The highest BCUT2D eigenvalue weighted by atomic mass is 16.7. The van der Waals surface area contributed by atoms with E-state index in [2.05, 4.69) is 4.74 Å². The minimum atomic E-state index is -1.90. The zero-order valence-electron chi connectivity index (χ0n) is 20.9. The van der Waals surface area contributed by atoms with Crippen molar-refractivity contribution < 1.29 is 73.4 Å². The summed E-state index contributed by atoms with van der Waals surface area (Å²) in [5, 5.41) is 70.6. The smallest absolute Gasteiger partial charge is 0.417 e. The number of ether oxygens (including phenoxy) is 5. The van der Waals surface area contributed by atoms with Crippen LogP contribution < -0.4 is 14.2 Å². The molecule has 15 heteroatoms. The maximum absolute atomic E-state index is 11.3. The van der Waals surface area contributed by atoms with Crippen molar-refractivity contribution in [2.45, 2.75) is 30.7 Å². The maximum Gasteiger partial charge on any atom is 0.417 e. The second-order valence-corrected chi connectivity index (χ2v) is 8.58. The first-order chi connectivity index (χ1) is 18.9. The number of phenolic OH excluding ortho intramolecular Hbond substituents is 3. The van der Waals surface area contributed by atoms with E-state index in [1.165, 1.54) is 38.5 Å². The van der Waals surface area contributed by atoms with Gasteiger partial charge in [-0.2, -0.15) is 0 Å². The molecule has 0 bridgehead atoms. The van der Waals surface area contributed by atoms with Crippen LogP contribution in [0.15, 0.2) is 34.7 Å². The van der Waals surface area contributed by atoms with E-state index in [-0.39, 0.29) is 51.0 Å². The van der Waals surface area contributed by atoms with Gasteiger partial charge in [-0.15, -0.1) is 0 Å². The number of aliphatic hydroxyl groups excluding tert-OH is 3. The number of hydrogen-bond donors (Lipinski definition) is 7. The van der Waals surface area contributed by atoms with Gasteiger partial charge in [-0.25, -0.2) is 14.0 Å². The molecule has 1 aromatic heterocycles. The molecule has 2 heterocycles. The van der Waals surface area contributed by atoms with Gasteiger partial charge in [-0.3, -0.25) is 0 Å². The Bertz CT molecular complexity index is 1410. The minimum absolute atomic E-state index is 0.00936. The Labute approximate surface area is 224 Å². The Hall–Kier alpha value is -4.57. The summed E-state index contributed by atoms with van der Waals surface area (Å²) in [5.74, 6) is -4.97. The van der Waals surface area contributed by atoms with Crippen molar-refractivity contribution in [3.05, 3.63) is 30.3 Å². The molecule has 0 unspecified atom stereocenters. The monoisotopic (exact) mass is 565 g/mol. The van der Waals surface area contributed by atoms with Gasteiger partial charge in [0.05, 0.1) is 25.8 Å². The molecule has 1 saturated heterocycles. The highest BCUT2D eigenvalue weighted by Crippen LogP contribution is 2.45. The minimum Gasteiger partial charge on any atom is -0.507 e. The number of aliphatic hydroxyl groups is 3. The number of aromatic hydroxyl groups is 3. The van der Waals surface area contributed by atoms with E-state index in [4.69, 9.17) is 28.5 Å². The summed E-state index contributed by atoms with van der Waals surface area (Å²) in [5.41, 5.74) is 0.175. The van der Waals surface area contributed by atoms with Gasteiger partial charge >= 0.3 is 23.3 Å². The molecular weight excluding hydrogens is 540 g/mol. The fraction of sp³-hybridized carbons (Fsp3) is 0.320. The second-order valence-electron chi connectivity index (χ2n) is 8.58. The number of aliphatic carboxylic acids is 1. The predicted octanol–water partition coefficient (Wildman–Crippen LogP) is 0.329. The second kappa shape index (κ2) is 11.3. The van der Waals surface area contributed by atoms with Crippen LogP contribution in [0.3, 0.4) is 0 Å². The summed E-state index contributed by atoms with van der Waals surface area (Å²) >= 11 is 0. The zero-order chi connectivity index (χ0) is 29.3. The third kappa shape index (κ3) is 5.43. The lowest BCUT2D eigenvalue weighted by Gasteiger charge is -2.39. The van der Waals surface area contributed by atoms with Crippen molar-refractivity contribution in [1.29, 1.82) is 0 Å². The summed E-state index contributed by atoms with van der Waals surface area (Å²) in [6.07, 6.45) is -8.82. The number of carbonyl (C=O) groups is 2. The summed E-state index contributed by atoms with van der Waals surface area (Å²) in [6.45, 7) is -0.808. The molecule has 0 radical (unpaired) electrons. The topological polar surface area (TPSA) is 233 Å². The molecule has 0 saturated carbocycles. The van der Waals surface area contributed by atoms with Crippen LogP contribution in [0, 0.1) is 0 Å². The third-order valence-electron chi connectivity index (χ3n) is 6.02. The van der Waals surface area contributed by atoms with Crippen molar-refractivity contribution in [3.8, 4) is 45.8 Å². The highest BCUT2D eigenvalue weighted by Gasteiger charge is 2.46. The molecule has 0 spiro atoms. The van der Waals surface area contributed by atoms with E-state index in [9.17, 15) is 40.2 Å². The Morgan fingerprint density at radius 3 is 2.15 bits per heavy atom. The lowest BCUT2D eigenvalue weighted by molar-refractivity contribution is -0.278. The molecule has 2 aromatic carbocycles. The molecule has 4 rings (SSSR count). The van der Waals surface area contributed by atoms with E-state index in [1.807, 2.05) is 0 Å². The van der Waals surface area contributed by atoms with Crippen LogP contribution in [-0.4, -0.2) is 99.2 Å². The van der Waals surface area contributed by atoms with Crippen molar-refractivity contribution in [1.82, 2.24) is 0 Å². The largest absolute Gasteiger partial charge is 0.507 e. The normalized spacial score (nSPS) is 22.5. The summed E-state index contributed by atoms with van der Waals surface area (Å²) < 4.78 is 32.1. The quantitative estimate of drug-likeness (QED) is 0.116. The van der Waals surface area contributed by atoms with E-state index in [0.29, 0.717) is 0 Å².